The highest BCUT2D eigenvalue weighted by Crippen LogP contribution is 2.12. The van der Waals surface area contributed by atoms with Gasteiger partial charge in [-0.15, -0.1) is 0 Å². The quantitative estimate of drug-likeness (QED) is 0.544. The molecule has 4 nitrogen and oxygen atoms in total. The van der Waals surface area contributed by atoms with Crippen LogP contribution in [-0.4, -0.2) is 40.2 Å². The maximum Gasteiger partial charge on any atom is 0.295 e. The number of allylic oxidation sites excluding steroid dienone is 3. The topological polar surface area (TPSA) is 59.9 Å². The van der Waals surface area contributed by atoms with Gasteiger partial charge in [-0.3, -0.25) is 0 Å². The van der Waals surface area contributed by atoms with Crippen molar-refractivity contribution in [1.29, 1.82) is 0 Å². The molecule has 0 heterocycles. The van der Waals surface area contributed by atoms with Crippen molar-refractivity contribution in [2.75, 3.05) is 19.7 Å². The summed E-state index contributed by atoms with van der Waals surface area (Å²) in [4.78, 5) is 5.28. The van der Waals surface area contributed by atoms with Crippen LogP contribution in [0.1, 0.15) is 19.8 Å². The van der Waals surface area contributed by atoms with Crippen LogP contribution in [0.15, 0.2) is 23.9 Å². The van der Waals surface area contributed by atoms with Gasteiger partial charge >= 0.3 is 0 Å². The predicted octanol–water partition coefficient (Wildman–Crippen LogP) is 1.21. The molecule has 0 fully saturated rings. The molecule has 1 rings (SSSR count). The summed E-state index contributed by atoms with van der Waals surface area (Å²) >= 11 is 0. The van der Waals surface area contributed by atoms with Crippen molar-refractivity contribution in [3.8, 4) is 0 Å². The van der Waals surface area contributed by atoms with Crippen molar-refractivity contribution in [3.63, 3.8) is 0 Å². The molecule has 0 saturated heterocycles. The molecule has 0 aliphatic heterocycles. The molecule has 4 heteroatoms. The Morgan fingerprint density at radius 3 is 2.73 bits per heavy atom. The van der Waals surface area contributed by atoms with E-state index in [9.17, 15) is 0 Å². The molecule has 1 aliphatic rings. The van der Waals surface area contributed by atoms with Crippen LogP contribution in [-0.2, 0) is 0 Å². The van der Waals surface area contributed by atoms with Crippen LogP contribution in [0.5, 0.6) is 0 Å². The Morgan fingerprint density at radius 2 is 2.27 bits per heavy atom. The second-order valence-corrected chi connectivity index (χ2v) is 3.47. The first-order valence-corrected chi connectivity index (χ1v) is 5.26. The molecule has 0 bridgehead atoms. The fourth-order valence-corrected chi connectivity index (χ4v) is 1.60. The lowest BCUT2D eigenvalue weighted by Crippen LogP contribution is -2.27. The van der Waals surface area contributed by atoms with Crippen LogP contribution in [0.3, 0.4) is 0 Å². The summed E-state index contributed by atoms with van der Waals surface area (Å²) in [6.45, 7) is 3.85. The lowest BCUT2D eigenvalue weighted by molar-refractivity contribution is -0.00547. The summed E-state index contributed by atoms with van der Waals surface area (Å²) in [5.74, 6) is 0. The fourth-order valence-electron chi connectivity index (χ4n) is 1.60. The van der Waals surface area contributed by atoms with Crippen LogP contribution < -0.4 is 0 Å². The van der Waals surface area contributed by atoms with Gasteiger partial charge in [-0.1, -0.05) is 6.92 Å². The smallest absolute Gasteiger partial charge is 0.295 e. The van der Waals surface area contributed by atoms with Crippen molar-refractivity contribution >= 4 is 5.71 Å². The Labute approximate surface area is 90.1 Å². The summed E-state index contributed by atoms with van der Waals surface area (Å²) in [5, 5.41) is 8.94. The number of hydrogen-bond acceptors (Lipinski definition) is 2. The summed E-state index contributed by atoms with van der Waals surface area (Å²) < 4.78 is 0. The third-order valence-electron chi connectivity index (χ3n) is 2.32. The van der Waals surface area contributed by atoms with Crippen molar-refractivity contribution in [2.45, 2.75) is 19.8 Å². The fraction of sp³-hybridized carbons (Fsp3) is 0.545. The zero-order chi connectivity index (χ0) is 11.1. The third-order valence-corrected chi connectivity index (χ3v) is 2.32. The zero-order valence-electron chi connectivity index (χ0n) is 9.06. The maximum atomic E-state index is 8.94. The molecular weight excluding hydrogens is 190 g/mol. The lowest BCUT2D eigenvalue weighted by atomic mass is 10.1. The first kappa shape index (κ1) is 11.7. The van der Waals surface area contributed by atoms with E-state index < -0.39 is 0 Å². The molecule has 0 unspecified atom stereocenters. The normalized spacial score (nSPS) is 14.8. The lowest BCUT2D eigenvalue weighted by Gasteiger charge is -2.25. The summed E-state index contributed by atoms with van der Waals surface area (Å²) in [7, 11) is 0. The van der Waals surface area contributed by atoms with Crippen molar-refractivity contribution in [1.82, 2.24) is 4.90 Å². The Bertz CT molecular complexity index is 308. The number of nitrogens with zero attached hydrogens (tertiary/aromatic N) is 3. The monoisotopic (exact) mass is 207 g/mol. The molecule has 1 N–H and O–H groups in total. The molecule has 15 heavy (non-hydrogen) atoms. The molecule has 82 valence electrons. The van der Waals surface area contributed by atoms with Crippen LogP contribution in [0, 0.1) is 0 Å². The molecular formula is C11H17N3O. The minimum absolute atomic E-state index is 0.159. The van der Waals surface area contributed by atoms with Gasteiger partial charge in [-0.05, 0) is 18.6 Å². The molecule has 0 aromatic rings. The third kappa shape index (κ3) is 3.35. The van der Waals surface area contributed by atoms with E-state index in [4.69, 9.17) is 10.6 Å². The minimum Gasteiger partial charge on any atom is -0.395 e. The summed E-state index contributed by atoms with van der Waals surface area (Å²) in [6, 6.07) is 0. The second-order valence-electron chi connectivity index (χ2n) is 3.47. The Balaban J connectivity index is 2.66. The largest absolute Gasteiger partial charge is 0.395 e. The van der Waals surface area contributed by atoms with Gasteiger partial charge in [0.15, 0.2) is 0 Å². The van der Waals surface area contributed by atoms with Crippen molar-refractivity contribution < 1.29 is 9.90 Å². The summed E-state index contributed by atoms with van der Waals surface area (Å²) in [6.07, 6.45) is 7.43. The van der Waals surface area contributed by atoms with Gasteiger partial charge in [0.25, 0.3) is 5.71 Å². The van der Waals surface area contributed by atoms with Crippen molar-refractivity contribution in [2.24, 2.45) is 0 Å². The Kier molecular flexibility index (Phi) is 4.81. The summed E-state index contributed by atoms with van der Waals surface area (Å²) in [5.41, 5.74) is 10.3. The van der Waals surface area contributed by atoms with E-state index in [1.165, 1.54) is 0 Å². The van der Waals surface area contributed by atoms with E-state index in [0.29, 0.717) is 18.7 Å². The first-order chi connectivity index (χ1) is 7.31. The number of rotatable bonds is 5. The van der Waals surface area contributed by atoms with E-state index >= 15 is 0 Å². The molecule has 0 radical (unpaired) electrons. The van der Waals surface area contributed by atoms with Gasteiger partial charge in [-0.2, -0.15) is 4.79 Å². The SMILES string of the molecule is CCCN(CCO)C1=CCC(=[N+]=[N-])C=C1. The number of aliphatic hydroxyl groups excluding tert-OH is 1. The standard InChI is InChI=1S/C11H17N3O/c1-2-7-14(8-9-15)11-5-3-10(13-12)4-6-11/h3,5-6,15H,2,4,7-9H2,1H3. The predicted molar refractivity (Wildman–Crippen MR) is 59.4 cm³/mol. The van der Waals surface area contributed by atoms with E-state index in [0.717, 1.165) is 18.7 Å². The number of aliphatic hydroxyl groups is 1. The zero-order valence-corrected chi connectivity index (χ0v) is 9.06. The highest BCUT2D eigenvalue weighted by atomic mass is 16.3. The van der Waals surface area contributed by atoms with E-state index in [1.807, 2.05) is 12.2 Å². The van der Waals surface area contributed by atoms with Crippen molar-refractivity contribution in [3.05, 3.63) is 29.5 Å². The van der Waals surface area contributed by atoms with E-state index in [-0.39, 0.29) is 6.61 Å². The molecule has 0 amide bonds. The van der Waals surface area contributed by atoms with Crippen LogP contribution in [0.2, 0.25) is 0 Å². The van der Waals surface area contributed by atoms with Gasteiger partial charge in [0, 0.05) is 24.9 Å². The Hall–Kier alpha value is -1.38. The highest BCUT2D eigenvalue weighted by molar-refractivity contribution is 5.92. The Morgan fingerprint density at radius 1 is 1.47 bits per heavy atom. The van der Waals surface area contributed by atoms with Gasteiger partial charge in [0.2, 0.25) is 0 Å². The van der Waals surface area contributed by atoms with Gasteiger partial charge in [0.1, 0.15) is 0 Å². The second kappa shape index (κ2) is 6.17. The maximum absolute atomic E-state index is 8.94. The highest BCUT2D eigenvalue weighted by Gasteiger charge is 2.12. The molecule has 0 spiro atoms. The van der Waals surface area contributed by atoms with Gasteiger partial charge < -0.3 is 15.5 Å². The molecule has 0 aromatic heterocycles. The van der Waals surface area contributed by atoms with Crippen LogP contribution in [0.25, 0.3) is 5.53 Å². The number of hydrogen-bond donors (Lipinski definition) is 1. The average molecular weight is 207 g/mol. The molecule has 0 saturated carbocycles. The molecule has 0 aromatic carbocycles. The first-order valence-electron chi connectivity index (χ1n) is 5.26. The van der Waals surface area contributed by atoms with E-state index in [1.54, 1.807) is 6.08 Å². The average Bonchev–Trinajstić information content (AvgIpc) is 2.29. The van der Waals surface area contributed by atoms with E-state index in [2.05, 4.69) is 16.6 Å². The molecule has 0 atom stereocenters. The van der Waals surface area contributed by atoms with Gasteiger partial charge in [-0.25, -0.2) is 0 Å². The molecule has 1 aliphatic carbocycles. The van der Waals surface area contributed by atoms with Crippen LogP contribution in [0.4, 0.5) is 0 Å². The minimum atomic E-state index is 0.159. The van der Waals surface area contributed by atoms with Crippen LogP contribution >= 0.6 is 0 Å². The van der Waals surface area contributed by atoms with Gasteiger partial charge in [0.05, 0.1) is 13.0 Å².